The molecule has 0 saturated heterocycles. The molecule has 0 rings (SSSR count). The minimum Gasteiger partial charge on any atom is -0.679 e. The smallest absolute Gasteiger partial charge is 0.679 e. The molecule has 0 fully saturated rings. The van der Waals surface area contributed by atoms with Gasteiger partial charge in [-0.05, 0) is 0 Å². The molecule has 0 aliphatic carbocycles. The van der Waals surface area contributed by atoms with E-state index >= 15 is 0 Å². The van der Waals surface area contributed by atoms with Gasteiger partial charge in [-0.25, -0.2) is 0 Å². The van der Waals surface area contributed by atoms with Crippen molar-refractivity contribution in [2.24, 2.45) is 0 Å². The van der Waals surface area contributed by atoms with Crippen molar-refractivity contribution in [3.8, 4) is 0 Å². The summed E-state index contributed by atoms with van der Waals surface area (Å²) in [6, 6.07) is 0. The van der Waals surface area contributed by atoms with E-state index in [9.17, 15) is 0 Å². The third-order valence-corrected chi connectivity index (χ3v) is 0.956. The number of nitrogens with zero attached hydrogens (tertiary/aromatic N) is 2. The first-order valence-corrected chi connectivity index (χ1v) is 3.47. The average molecular weight is 198 g/mol. The summed E-state index contributed by atoms with van der Waals surface area (Å²) in [4.78, 5) is 0. The molecule has 0 unspecified atom stereocenters. The summed E-state index contributed by atoms with van der Waals surface area (Å²) in [6.45, 7) is 3.43. The Balaban J connectivity index is 0. The van der Waals surface area contributed by atoms with Crippen molar-refractivity contribution >= 4 is 0 Å². The van der Waals surface area contributed by atoms with Crippen LogP contribution < -0.4 is 0 Å². The third kappa shape index (κ3) is 13.4. The van der Waals surface area contributed by atoms with E-state index in [2.05, 4.69) is 10.6 Å². The van der Waals surface area contributed by atoms with E-state index < -0.39 is 0 Å². The molecule has 0 saturated carbocycles. The molecule has 5 heteroatoms. The summed E-state index contributed by atoms with van der Waals surface area (Å²) in [7, 11) is 0. The van der Waals surface area contributed by atoms with Gasteiger partial charge in [0.2, 0.25) is 0 Å². The van der Waals surface area contributed by atoms with Gasteiger partial charge >= 0.3 is 17.1 Å². The molecule has 0 aromatic rings. The zero-order valence-electron chi connectivity index (χ0n) is 6.49. The molecule has 0 aliphatic heterocycles. The van der Waals surface area contributed by atoms with Crippen LogP contribution in [0.15, 0.2) is 0 Å². The normalized spacial score (nSPS) is 9.27. The first kappa shape index (κ1) is 13.9. The first-order valence-electron chi connectivity index (χ1n) is 3.47. The second-order valence-electron chi connectivity index (χ2n) is 1.84. The monoisotopic (exact) mass is 198 g/mol. The molecular formula is C6H14FeN4+2. The predicted molar refractivity (Wildman–Crippen MR) is 44.6 cm³/mol. The summed E-state index contributed by atoms with van der Waals surface area (Å²) in [6.07, 6.45) is 0. The van der Waals surface area contributed by atoms with Crippen LogP contribution in [0.5, 0.6) is 0 Å². The minimum absolute atomic E-state index is 0. The van der Waals surface area contributed by atoms with Gasteiger partial charge in [-0.2, -0.15) is 39.3 Å². The largest absolute Gasteiger partial charge is 6.00 e. The summed E-state index contributed by atoms with van der Waals surface area (Å²) < 4.78 is 0. The van der Waals surface area contributed by atoms with E-state index in [-0.39, 0.29) is 17.1 Å². The summed E-state index contributed by atoms with van der Waals surface area (Å²) in [5, 5.41) is 8.04. The zero-order valence-corrected chi connectivity index (χ0v) is 7.59. The van der Waals surface area contributed by atoms with Crippen LogP contribution >= 0.6 is 0 Å². The van der Waals surface area contributed by atoms with Crippen molar-refractivity contribution in [2.75, 3.05) is 39.3 Å². The molecule has 0 bridgehead atoms. The van der Waals surface area contributed by atoms with Gasteiger partial charge in [-0.1, -0.05) is 0 Å². The Hall–Kier alpha value is 0.359. The van der Waals surface area contributed by atoms with Gasteiger partial charge in [0.15, 0.2) is 0 Å². The molecule has 0 aromatic heterocycles. The van der Waals surface area contributed by atoms with Crippen molar-refractivity contribution in [3.05, 3.63) is 22.1 Å². The molecule has 4 nitrogen and oxygen atoms in total. The summed E-state index contributed by atoms with van der Waals surface area (Å²) in [5.41, 5.74) is 13.5. The molecule has 0 atom stereocenters. The standard InChI is InChI=1S/C6H14N4.Fe/c7-1-3-9-5-6-10-4-2-8;/h7-8H,1-6H2;/q-4;+6. The number of nitrogens with one attached hydrogen (secondary N) is 2. The molecule has 0 spiro atoms. The van der Waals surface area contributed by atoms with Gasteiger partial charge in [0.1, 0.15) is 0 Å². The van der Waals surface area contributed by atoms with Crippen molar-refractivity contribution in [2.45, 2.75) is 0 Å². The number of hydrogen-bond donors (Lipinski definition) is 0. The Morgan fingerprint density at radius 1 is 0.727 bits per heavy atom. The van der Waals surface area contributed by atoms with Crippen LogP contribution in [0.2, 0.25) is 0 Å². The average Bonchev–Trinajstić information content (AvgIpc) is 1.97. The van der Waals surface area contributed by atoms with Gasteiger partial charge in [0, 0.05) is 0 Å². The van der Waals surface area contributed by atoms with E-state index in [1.54, 1.807) is 0 Å². The Bertz CT molecular complexity index is 54.5. The maximum absolute atomic E-state index is 6.76. The topological polar surface area (TPSA) is 75.8 Å². The van der Waals surface area contributed by atoms with Crippen LogP contribution in [0, 0.1) is 0 Å². The molecule has 11 heavy (non-hydrogen) atoms. The number of rotatable bonds is 7. The molecule has 0 aromatic carbocycles. The van der Waals surface area contributed by atoms with E-state index in [0.717, 1.165) is 13.1 Å². The Morgan fingerprint density at radius 2 is 1.09 bits per heavy atom. The molecule has 0 heterocycles. The van der Waals surface area contributed by atoms with Crippen molar-refractivity contribution in [1.29, 1.82) is 0 Å². The Labute approximate surface area is 78.9 Å². The first-order chi connectivity index (χ1) is 4.91. The van der Waals surface area contributed by atoms with Crippen LogP contribution in [-0.4, -0.2) is 39.3 Å². The maximum atomic E-state index is 6.76. The van der Waals surface area contributed by atoms with Crippen molar-refractivity contribution in [3.63, 3.8) is 0 Å². The molecule has 2 N–H and O–H groups in total. The Morgan fingerprint density at radius 3 is 1.36 bits per heavy atom. The van der Waals surface area contributed by atoms with Crippen LogP contribution in [0.4, 0.5) is 0 Å². The van der Waals surface area contributed by atoms with Crippen LogP contribution in [0.25, 0.3) is 22.1 Å². The quantitative estimate of drug-likeness (QED) is 0.442. The molecule has 0 aliphatic rings. The van der Waals surface area contributed by atoms with E-state index in [1.807, 2.05) is 0 Å². The van der Waals surface area contributed by atoms with Crippen molar-refractivity contribution < 1.29 is 17.1 Å². The summed E-state index contributed by atoms with van der Waals surface area (Å²) >= 11 is 0. The fourth-order valence-corrected chi connectivity index (χ4v) is 0.523. The van der Waals surface area contributed by atoms with Crippen LogP contribution in [0.3, 0.4) is 0 Å². The Kier molecular flexibility index (Phi) is 16.4. The van der Waals surface area contributed by atoms with Gasteiger partial charge < -0.3 is 22.1 Å². The second-order valence-corrected chi connectivity index (χ2v) is 1.84. The van der Waals surface area contributed by atoms with Gasteiger partial charge in [0.25, 0.3) is 0 Å². The summed E-state index contributed by atoms with van der Waals surface area (Å²) in [5.74, 6) is 0. The fourth-order valence-electron chi connectivity index (χ4n) is 0.523. The zero-order chi connectivity index (χ0) is 7.66. The van der Waals surface area contributed by atoms with E-state index in [4.69, 9.17) is 11.5 Å². The molecule has 0 amide bonds. The van der Waals surface area contributed by atoms with E-state index in [1.165, 1.54) is 0 Å². The predicted octanol–water partition coefficient (Wildman–Crippen LogP) is 1.84. The number of hydrogen-bond acceptors (Lipinski definition) is 0. The maximum Gasteiger partial charge on any atom is 6.00 e. The second kappa shape index (κ2) is 13.0. The SMILES string of the molecule is [Fe+6].[NH-]CC[N-]CC[N-]CC[NH-]. The van der Waals surface area contributed by atoms with Crippen molar-refractivity contribution in [1.82, 2.24) is 0 Å². The molecule has 0 radical (unpaired) electrons. The molecule has 64 valence electrons. The third-order valence-electron chi connectivity index (χ3n) is 0.956. The van der Waals surface area contributed by atoms with Gasteiger partial charge in [0.05, 0.1) is 0 Å². The fraction of sp³-hybridized carbons (Fsp3) is 1.00. The minimum atomic E-state index is 0. The molecular weight excluding hydrogens is 184 g/mol. The van der Waals surface area contributed by atoms with E-state index in [0.29, 0.717) is 26.2 Å². The van der Waals surface area contributed by atoms with Gasteiger partial charge in [-0.3, -0.25) is 0 Å². The van der Waals surface area contributed by atoms with Crippen LogP contribution in [0.1, 0.15) is 0 Å². The van der Waals surface area contributed by atoms with Gasteiger partial charge in [-0.15, -0.1) is 0 Å². The van der Waals surface area contributed by atoms with Crippen LogP contribution in [-0.2, 0) is 17.1 Å².